The SMILES string of the molecule is CN1C(=O)CSc2cc(-c3ccc(CC(C#N)NC(=O)C4CCOCC4)cc3)ccc21. The number of thioether (sulfide) groups is 1. The van der Waals surface area contributed by atoms with Crippen LogP contribution in [0.3, 0.4) is 0 Å². The second-order valence-corrected chi connectivity index (χ2v) is 8.92. The van der Waals surface area contributed by atoms with Crippen LogP contribution in [0.1, 0.15) is 18.4 Å². The van der Waals surface area contributed by atoms with Crippen LogP contribution in [0.25, 0.3) is 11.1 Å². The lowest BCUT2D eigenvalue weighted by molar-refractivity contribution is -0.128. The second-order valence-electron chi connectivity index (χ2n) is 7.90. The summed E-state index contributed by atoms with van der Waals surface area (Å²) in [6.07, 6.45) is 1.89. The van der Waals surface area contributed by atoms with Gasteiger partial charge in [-0.25, -0.2) is 0 Å². The maximum atomic E-state index is 12.4. The first-order chi connectivity index (χ1) is 15.0. The Kier molecular flexibility index (Phi) is 6.59. The number of nitriles is 1. The van der Waals surface area contributed by atoms with Crippen LogP contribution >= 0.6 is 11.8 Å². The van der Waals surface area contributed by atoms with Gasteiger partial charge in [0.25, 0.3) is 0 Å². The minimum absolute atomic E-state index is 0.0542. The van der Waals surface area contributed by atoms with Gasteiger partial charge in [0.15, 0.2) is 0 Å². The average Bonchev–Trinajstić information content (AvgIpc) is 2.82. The number of anilines is 1. The van der Waals surface area contributed by atoms with Crippen LogP contribution in [0.2, 0.25) is 0 Å². The van der Waals surface area contributed by atoms with Crippen molar-refractivity contribution >= 4 is 29.3 Å². The molecule has 1 atom stereocenters. The molecule has 7 heteroatoms. The number of fused-ring (bicyclic) bond motifs is 1. The van der Waals surface area contributed by atoms with Crippen LogP contribution in [0, 0.1) is 17.2 Å². The number of rotatable bonds is 5. The summed E-state index contributed by atoms with van der Waals surface area (Å²) in [5.41, 5.74) is 4.11. The van der Waals surface area contributed by atoms with Gasteiger partial charge in [-0.2, -0.15) is 5.26 Å². The molecule has 0 radical (unpaired) electrons. The number of carbonyl (C=O) groups is 2. The molecule has 4 rings (SSSR count). The van der Waals surface area contributed by atoms with Crippen molar-refractivity contribution in [2.45, 2.75) is 30.2 Å². The van der Waals surface area contributed by atoms with Crippen LogP contribution in [0.4, 0.5) is 5.69 Å². The monoisotopic (exact) mass is 435 g/mol. The number of carbonyl (C=O) groups excluding carboxylic acids is 2. The average molecular weight is 436 g/mol. The quantitative estimate of drug-likeness (QED) is 0.778. The van der Waals surface area contributed by atoms with Crippen molar-refractivity contribution in [3.63, 3.8) is 0 Å². The third-order valence-electron chi connectivity index (χ3n) is 5.84. The Morgan fingerprint density at radius 2 is 1.94 bits per heavy atom. The molecule has 0 saturated carbocycles. The zero-order chi connectivity index (χ0) is 21.8. The summed E-state index contributed by atoms with van der Waals surface area (Å²) < 4.78 is 5.30. The lowest BCUT2D eigenvalue weighted by Crippen LogP contribution is -2.41. The second kappa shape index (κ2) is 9.54. The number of hydrogen-bond acceptors (Lipinski definition) is 5. The number of ether oxygens (including phenoxy) is 1. The van der Waals surface area contributed by atoms with Gasteiger partial charge in [0.1, 0.15) is 6.04 Å². The summed E-state index contributed by atoms with van der Waals surface area (Å²) >= 11 is 1.57. The van der Waals surface area contributed by atoms with Crippen molar-refractivity contribution in [1.82, 2.24) is 5.32 Å². The van der Waals surface area contributed by atoms with Gasteiger partial charge in [-0.3, -0.25) is 9.59 Å². The molecule has 0 aromatic heterocycles. The molecule has 31 heavy (non-hydrogen) atoms. The van der Waals surface area contributed by atoms with E-state index in [1.54, 1.807) is 16.7 Å². The Hall–Kier alpha value is -2.82. The van der Waals surface area contributed by atoms with Gasteiger partial charge < -0.3 is 15.0 Å². The summed E-state index contributed by atoms with van der Waals surface area (Å²) in [6.45, 7) is 1.20. The van der Waals surface area contributed by atoms with Gasteiger partial charge in [-0.1, -0.05) is 30.3 Å². The van der Waals surface area contributed by atoms with Crippen LogP contribution in [-0.2, 0) is 20.7 Å². The highest BCUT2D eigenvalue weighted by Gasteiger charge is 2.24. The Labute approximate surface area is 186 Å². The Morgan fingerprint density at radius 3 is 2.65 bits per heavy atom. The normalized spacial score (nSPS) is 17.5. The molecule has 0 aliphatic carbocycles. The lowest BCUT2D eigenvalue weighted by Gasteiger charge is -2.25. The highest BCUT2D eigenvalue weighted by molar-refractivity contribution is 8.00. The Bertz CT molecular complexity index is 1010. The van der Waals surface area contributed by atoms with Crippen molar-refractivity contribution < 1.29 is 14.3 Å². The first kappa shape index (κ1) is 21.4. The molecule has 0 bridgehead atoms. The topological polar surface area (TPSA) is 82.4 Å². The number of nitrogens with one attached hydrogen (secondary N) is 1. The summed E-state index contributed by atoms with van der Waals surface area (Å²) in [5, 5.41) is 12.4. The first-order valence-corrected chi connectivity index (χ1v) is 11.4. The van der Waals surface area contributed by atoms with E-state index >= 15 is 0 Å². The minimum Gasteiger partial charge on any atom is -0.381 e. The van der Waals surface area contributed by atoms with Crippen molar-refractivity contribution in [3.8, 4) is 17.2 Å². The van der Waals surface area contributed by atoms with Crippen molar-refractivity contribution in [2.24, 2.45) is 5.92 Å². The third-order valence-corrected chi connectivity index (χ3v) is 6.87. The molecule has 1 fully saturated rings. The molecule has 2 aromatic carbocycles. The molecule has 6 nitrogen and oxygen atoms in total. The van der Waals surface area contributed by atoms with E-state index in [4.69, 9.17) is 4.74 Å². The Balaban J connectivity index is 1.41. The lowest BCUT2D eigenvalue weighted by atomic mass is 9.97. The molecule has 1 N–H and O–H groups in total. The molecule has 2 aromatic rings. The molecule has 1 saturated heterocycles. The number of nitrogens with zero attached hydrogens (tertiary/aromatic N) is 2. The van der Waals surface area contributed by atoms with Crippen LogP contribution in [0.15, 0.2) is 47.4 Å². The minimum atomic E-state index is -0.547. The number of amides is 2. The molecule has 2 amide bonds. The van der Waals surface area contributed by atoms with E-state index in [2.05, 4.69) is 17.5 Å². The van der Waals surface area contributed by atoms with Gasteiger partial charge in [0.2, 0.25) is 11.8 Å². The van der Waals surface area contributed by atoms with Crippen LogP contribution in [-0.4, -0.2) is 43.9 Å². The largest absolute Gasteiger partial charge is 0.381 e. The fourth-order valence-corrected chi connectivity index (χ4v) is 4.94. The molecular weight excluding hydrogens is 410 g/mol. The van der Waals surface area contributed by atoms with Crippen molar-refractivity contribution in [3.05, 3.63) is 48.0 Å². The van der Waals surface area contributed by atoms with Crippen LogP contribution < -0.4 is 10.2 Å². The summed E-state index contributed by atoms with van der Waals surface area (Å²) in [7, 11) is 1.81. The zero-order valence-electron chi connectivity index (χ0n) is 17.5. The van der Waals surface area contributed by atoms with Gasteiger partial charge >= 0.3 is 0 Å². The molecule has 0 spiro atoms. The molecule has 2 aliphatic rings. The maximum Gasteiger partial charge on any atom is 0.237 e. The van der Waals surface area contributed by atoms with Gasteiger partial charge in [0, 0.05) is 37.5 Å². The standard InChI is InChI=1S/C24H25N3O3S/c1-27-21-7-6-19(13-22(21)31-15-23(27)28)17-4-2-16(3-5-17)12-20(14-25)26-24(29)18-8-10-30-11-9-18/h2-7,13,18,20H,8-12,15H2,1H3,(H,26,29). The fraction of sp³-hybridized carbons (Fsp3) is 0.375. The van der Waals surface area contributed by atoms with E-state index in [-0.39, 0.29) is 17.7 Å². The van der Waals surface area contributed by atoms with E-state index in [1.165, 1.54) is 0 Å². The van der Waals surface area contributed by atoms with E-state index in [9.17, 15) is 14.9 Å². The van der Waals surface area contributed by atoms with E-state index in [0.29, 0.717) is 38.2 Å². The predicted octanol–water partition coefficient (Wildman–Crippen LogP) is 3.40. The fourth-order valence-electron chi connectivity index (χ4n) is 3.90. The van der Waals surface area contributed by atoms with Gasteiger partial charge in [-0.15, -0.1) is 11.8 Å². The van der Waals surface area contributed by atoms with Crippen molar-refractivity contribution in [1.29, 1.82) is 5.26 Å². The van der Waals surface area contributed by atoms with E-state index in [0.717, 1.165) is 27.3 Å². The zero-order valence-corrected chi connectivity index (χ0v) is 18.3. The first-order valence-electron chi connectivity index (χ1n) is 10.5. The highest BCUT2D eigenvalue weighted by Crippen LogP contribution is 2.37. The number of hydrogen-bond donors (Lipinski definition) is 1. The molecular formula is C24H25N3O3S. The summed E-state index contributed by atoms with van der Waals surface area (Å²) in [5.74, 6) is 0.455. The molecule has 2 heterocycles. The summed E-state index contributed by atoms with van der Waals surface area (Å²) in [4.78, 5) is 27.1. The Morgan fingerprint density at radius 1 is 1.23 bits per heavy atom. The third kappa shape index (κ3) is 4.92. The van der Waals surface area contributed by atoms with E-state index < -0.39 is 6.04 Å². The molecule has 2 aliphatic heterocycles. The number of benzene rings is 2. The van der Waals surface area contributed by atoms with E-state index in [1.807, 2.05) is 43.4 Å². The molecule has 160 valence electrons. The highest BCUT2D eigenvalue weighted by atomic mass is 32.2. The predicted molar refractivity (Wildman–Crippen MR) is 121 cm³/mol. The van der Waals surface area contributed by atoms with Gasteiger partial charge in [-0.05, 0) is 41.7 Å². The van der Waals surface area contributed by atoms with Crippen LogP contribution in [0.5, 0.6) is 0 Å². The van der Waals surface area contributed by atoms with Crippen molar-refractivity contribution in [2.75, 3.05) is 30.9 Å². The van der Waals surface area contributed by atoms with Gasteiger partial charge in [0.05, 0.1) is 17.5 Å². The summed E-state index contributed by atoms with van der Waals surface area (Å²) in [6, 6.07) is 15.9. The smallest absolute Gasteiger partial charge is 0.237 e. The molecule has 1 unspecified atom stereocenters. The maximum absolute atomic E-state index is 12.4.